The molecule has 162 valence electrons. The number of fused-ring (bicyclic) bond motifs is 1. The van der Waals surface area contributed by atoms with Crippen molar-refractivity contribution in [2.75, 3.05) is 11.9 Å². The molecule has 2 aromatic heterocycles. The Morgan fingerprint density at radius 3 is 2.56 bits per heavy atom. The number of carbonyl (C=O) groups excluding carboxylic acids is 3. The first-order valence-electron chi connectivity index (χ1n) is 9.55. The number of rotatable bonds is 6. The first-order valence-corrected chi connectivity index (χ1v) is 10.4. The number of anilines is 1. The summed E-state index contributed by atoms with van der Waals surface area (Å²) >= 11 is 1.26. The zero-order valence-corrected chi connectivity index (χ0v) is 17.7. The molecular formula is C22H18FN5O3S. The highest BCUT2D eigenvalue weighted by atomic mass is 32.1. The fourth-order valence-corrected chi connectivity index (χ4v) is 4.19. The van der Waals surface area contributed by atoms with Gasteiger partial charge in [0.2, 0.25) is 5.91 Å². The third-order valence-corrected chi connectivity index (χ3v) is 5.75. The van der Waals surface area contributed by atoms with Crippen molar-refractivity contribution in [2.24, 2.45) is 5.73 Å². The number of hydrogen-bond donors (Lipinski definition) is 3. The van der Waals surface area contributed by atoms with E-state index in [0.29, 0.717) is 16.3 Å². The van der Waals surface area contributed by atoms with Crippen molar-refractivity contribution in [1.29, 1.82) is 0 Å². The quantitative estimate of drug-likeness (QED) is 0.417. The van der Waals surface area contributed by atoms with Crippen molar-refractivity contribution in [3.8, 4) is 5.69 Å². The number of primary amides is 1. The van der Waals surface area contributed by atoms with Gasteiger partial charge in [-0.2, -0.15) is 5.10 Å². The molecule has 8 nitrogen and oxygen atoms in total. The number of nitrogens with one attached hydrogen (secondary N) is 2. The van der Waals surface area contributed by atoms with Gasteiger partial charge in [-0.25, -0.2) is 9.07 Å². The Bertz CT molecular complexity index is 1340. The Balaban J connectivity index is 1.57. The molecule has 0 fully saturated rings. The summed E-state index contributed by atoms with van der Waals surface area (Å²) in [6.45, 7) is 1.56. The fourth-order valence-electron chi connectivity index (χ4n) is 3.12. The van der Waals surface area contributed by atoms with Crippen LogP contribution < -0.4 is 16.4 Å². The first-order chi connectivity index (χ1) is 15.3. The standard InChI is InChI=1S/C22H18FN5O3S/c1-12-17-10-18(32-22(17)28(27-12)16-7-5-14(23)6-8-16)21(31)26-15-4-2-3-13(9-15)20(30)25-11-19(24)29/h2-10H,11H2,1H3,(H2,24,29)(H,25,30)(H,26,31). The monoisotopic (exact) mass is 451 g/mol. The lowest BCUT2D eigenvalue weighted by Gasteiger charge is -2.07. The van der Waals surface area contributed by atoms with Crippen LogP contribution in [0.25, 0.3) is 15.9 Å². The van der Waals surface area contributed by atoms with Gasteiger partial charge in [-0.3, -0.25) is 14.4 Å². The fraction of sp³-hybridized carbons (Fsp3) is 0.0909. The smallest absolute Gasteiger partial charge is 0.265 e. The van der Waals surface area contributed by atoms with Crippen molar-refractivity contribution in [3.63, 3.8) is 0 Å². The average Bonchev–Trinajstić information content (AvgIpc) is 3.33. The number of aromatic nitrogens is 2. The van der Waals surface area contributed by atoms with Crippen LogP contribution in [0.5, 0.6) is 0 Å². The molecule has 0 aliphatic rings. The van der Waals surface area contributed by atoms with Crippen LogP contribution >= 0.6 is 11.3 Å². The van der Waals surface area contributed by atoms with Gasteiger partial charge in [-0.05, 0) is 55.5 Å². The van der Waals surface area contributed by atoms with E-state index in [0.717, 1.165) is 15.9 Å². The maximum absolute atomic E-state index is 13.3. The van der Waals surface area contributed by atoms with Gasteiger partial charge in [-0.15, -0.1) is 11.3 Å². The highest BCUT2D eigenvalue weighted by molar-refractivity contribution is 7.20. The maximum Gasteiger partial charge on any atom is 0.265 e. The van der Waals surface area contributed by atoms with Crippen molar-refractivity contribution in [1.82, 2.24) is 15.1 Å². The number of halogens is 1. The Hall–Kier alpha value is -4.05. The SMILES string of the molecule is Cc1nn(-c2ccc(F)cc2)c2sc(C(=O)Nc3cccc(C(=O)NCC(N)=O)c3)cc12. The molecule has 4 N–H and O–H groups in total. The number of thiophene rings is 1. The number of aryl methyl sites for hydroxylation is 1. The maximum atomic E-state index is 13.3. The number of benzene rings is 2. The second kappa shape index (κ2) is 8.60. The predicted molar refractivity (Wildman–Crippen MR) is 120 cm³/mol. The summed E-state index contributed by atoms with van der Waals surface area (Å²) in [5, 5.41) is 10.5. The molecule has 0 aliphatic carbocycles. The molecule has 0 bridgehead atoms. The number of nitrogens with zero attached hydrogens (tertiary/aromatic N) is 2. The molecule has 0 atom stereocenters. The average molecular weight is 451 g/mol. The van der Waals surface area contributed by atoms with E-state index in [1.54, 1.807) is 41.1 Å². The van der Waals surface area contributed by atoms with Gasteiger partial charge >= 0.3 is 0 Å². The number of hydrogen-bond acceptors (Lipinski definition) is 5. The molecule has 0 spiro atoms. The summed E-state index contributed by atoms with van der Waals surface area (Å²) in [7, 11) is 0. The molecule has 10 heteroatoms. The van der Waals surface area contributed by atoms with Crippen LogP contribution in [-0.4, -0.2) is 34.0 Å². The lowest BCUT2D eigenvalue weighted by Crippen LogP contribution is -2.33. The topological polar surface area (TPSA) is 119 Å². The van der Waals surface area contributed by atoms with Crippen LogP contribution in [0.4, 0.5) is 10.1 Å². The summed E-state index contributed by atoms with van der Waals surface area (Å²) in [4.78, 5) is 37.0. The van der Waals surface area contributed by atoms with Crippen LogP contribution in [-0.2, 0) is 4.79 Å². The Morgan fingerprint density at radius 1 is 1.09 bits per heavy atom. The molecule has 0 unspecified atom stereocenters. The predicted octanol–water partition coefficient (Wildman–Crippen LogP) is 3.00. The highest BCUT2D eigenvalue weighted by Gasteiger charge is 2.18. The third-order valence-electron chi connectivity index (χ3n) is 4.65. The van der Waals surface area contributed by atoms with E-state index < -0.39 is 11.8 Å². The molecular weight excluding hydrogens is 433 g/mol. The lowest BCUT2D eigenvalue weighted by molar-refractivity contribution is -0.117. The van der Waals surface area contributed by atoms with E-state index >= 15 is 0 Å². The molecule has 32 heavy (non-hydrogen) atoms. The summed E-state index contributed by atoms with van der Waals surface area (Å²) in [6.07, 6.45) is 0. The second-order valence-electron chi connectivity index (χ2n) is 6.99. The molecule has 4 rings (SSSR count). The minimum Gasteiger partial charge on any atom is -0.368 e. The van der Waals surface area contributed by atoms with Crippen molar-refractivity contribution < 1.29 is 18.8 Å². The zero-order chi connectivity index (χ0) is 22.8. The number of amides is 3. The summed E-state index contributed by atoms with van der Waals surface area (Å²) < 4.78 is 14.9. The van der Waals surface area contributed by atoms with E-state index in [9.17, 15) is 18.8 Å². The van der Waals surface area contributed by atoms with Gasteiger partial charge in [0.25, 0.3) is 11.8 Å². The lowest BCUT2D eigenvalue weighted by atomic mass is 10.2. The van der Waals surface area contributed by atoms with Gasteiger partial charge < -0.3 is 16.4 Å². The minimum absolute atomic E-state index is 0.276. The number of nitrogens with two attached hydrogens (primary N) is 1. The summed E-state index contributed by atoms with van der Waals surface area (Å²) in [6, 6.07) is 14.0. The van der Waals surface area contributed by atoms with E-state index in [2.05, 4.69) is 15.7 Å². The molecule has 0 aliphatic heterocycles. The minimum atomic E-state index is -0.651. The Morgan fingerprint density at radius 2 is 1.84 bits per heavy atom. The van der Waals surface area contributed by atoms with Gasteiger partial charge in [0.15, 0.2) is 0 Å². The molecule has 2 aromatic carbocycles. The third kappa shape index (κ3) is 4.35. The highest BCUT2D eigenvalue weighted by Crippen LogP contribution is 2.31. The van der Waals surface area contributed by atoms with Crippen molar-refractivity contribution in [3.05, 3.63) is 76.5 Å². The zero-order valence-electron chi connectivity index (χ0n) is 16.9. The first kappa shape index (κ1) is 21.2. The van der Waals surface area contributed by atoms with Gasteiger partial charge in [0.1, 0.15) is 10.6 Å². The Kier molecular flexibility index (Phi) is 5.69. The second-order valence-corrected chi connectivity index (χ2v) is 8.02. The van der Waals surface area contributed by atoms with Crippen LogP contribution in [0, 0.1) is 12.7 Å². The molecule has 0 saturated heterocycles. The van der Waals surface area contributed by atoms with Crippen molar-refractivity contribution >= 4 is 45.0 Å². The Labute approximate surface area is 185 Å². The molecule has 2 heterocycles. The van der Waals surface area contributed by atoms with Crippen molar-refractivity contribution in [2.45, 2.75) is 6.92 Å². The van der Waals surface area contributed by atoms with E-state index in [4.69, 9.17) is 5.73 Å². The van der Waals surface area contributed by atoms with E-state index in [-0.39, 0.29) is 23.8 Å². The van der Waals surface area contributed by atoms with Crippen LogP contribution in [0.2, 0.25) is 0 Å². The molecule has 4 aromatic rings. The van der Waals surface area contributed by atoms with Gasteiger partial charge in [0, 0.05) is 16.6 Å². The van der Waals surface area contributed by atoms with Crippen LogP contribution in [0.3, 0.4) is 0 Å². The molecule has 3 amide bonds. The van der Waals surface area contributed by atoms with E-state index in [1.165, 1.54) is 29.5 Å². The van der Waals surface area contributed by atoms with Crippen LogP contribution in [0.15, 0.2) is 54.6 Å². The van der Waals surface area contributed by atoms with Gasteiger partial charge in [-0.1, -0.05) is 6.07 Å². The van der Waals surface area contributed by atoms with Crippen LogP contribution in [0.1, 0.15) is 25.7 Å². The number of carbonyl (C=O) groups is 3. The van der Waals surface area contributed by atoms with Gasteiger partial charge in [0.05, 0.1) is 22.8 Å². The normalized spacial score (nSPS) is 10.8. The van der Waals surface area contributed by atoms with E-state index in [1.807, 2.05) is 6.92 Å². The largest absolute Gasteiger partial charge is 0.368 e. The summed E-state index contributed by atoms with van der Waals surface area (Å²) in [5.41, 5.74) is 7.17. The molecule has 0 radical (unpaired) electrons. The summed E-state index contributed by atoms with van der Waals surface area (Å²) in [5.74, 6) is -1.81. The molecule has 0 saturated carbocycles.